The summed E-state index contributed by atoms with van der Waals surface area (Å²) in [6.45, 7) is 6.61. The standard InChI is InChI=1S/C27H29N5O4S/c1-17-9-5-6-10-21(17)29-27(33)25-24(26-28-18(2)15-19(3)32(26)30-25)20-11-12-22(36-4)23(16-20)37(34,35)31-13-7-8-14-31/h5-6,9-12,15-16H,7-8,13-14H2,1-4H3,(H,29,33). The number of carbonyl (C=O) groups is 1. The number of nitrogens with one attached hydrogen (secondary N) is 1. The normalized spacial score (nSPS) is 14.3. The Bertz CT molecular complexity index is 1620. The molecule has 2 aromatic carbocycles. The van der Waals surface area contributed by atoms with Crippen molar-refractivity contribution >= 4 is 27.3 Å². The summed E-state index contributed by atoms with van der Waals surface area (Å²) in [6, 6.07) is 14.3. The van der Waals surface area contributed by atoms with Crippen LogP contribution in [0.2, 0.25) is 0 Å². The van der Waals surface area contributed by atoms with E-state index in [9.17, 15) is 13.2 Å². The largest absolute Gasteiger partial charge is 0.495 e. The molecule has 0 aliphatic carbocycles. The zero-order valence-corrected chi connectivity index (χ0v) is 22.1. The van der Waals surface area contributed by atoms with Gasteiger partial charge >= 0.3 is 0 Å². The number of aryl methyl sites for hydroxylation is 3. The van der Waals surface area contributed by atoms with Crippen LogP contribution in [0.15, 0.2) is 53.4 Å². The highest BCUT2D eigenvalue weighted by Gasteiger charge is 2.32. The molecule has 0 unspecified atom stereocenters. The van der Waals surface area contributed by atoms with Crippen molar-refractivity contribution in [3.05, 3.63) is 71.2 Å². The lowest BCUT2D eigenvalue weighted by Crippen LogP contribution is -2.28. The number of anilines is 1. The maximum atomic E-state index is 13.6. The average Bonchev–Trinajstić information content (AvgIpc) is 3.54. The summed E-state index contributed by atoms with van der Waals surface area (Å²) in [5.41, 5.74) is 4.74. The van der Waals surface area contributed by atoms with E-state index >= 15 is 0 Å². The average molecular weight is 520 g/mol. The molecule has 4 aromatic rings. The summed E-state index contributed by atoms with van der Waals surface area (Å²) < 4.78 is 35.6. The predicted octanol–water partition coefficient (Wildman–Crippen LogP) is 4.37. The fraction of sp³-hybridized carbons (Fsp3) is 0.296. The highest BCUT2D eigenvalue weighted by Crippen LogP contribution is 2.36. The van der Waals surface area contributed by atoms with Crippen LogP contribution in [0.4, 0.5) is 5.69 Å². The van der Waals surface area contributed by atoms with E-state index < -0.39 is 15.9 Å². The highest BCUT2D eigenvalue weighted by molar-refractivity contribution is 7.89. The number of rotatable bonds is 6. The van der Waals surface area contributed by atoms with Crippen molar-refractivity contribution in [2.45, 2.75) is 38.5 Å². The van der Waals surface area contributed by atoms with Crippen molar-refractivity contribution in [3.63, 3.8) is 0 Å². The lowest BCUT2D eigenvalue weighted by molar-refractivity contribution is 0.102. The van der Waals surface area contributed by atoms with Gasteiger partial charge in [0, 0.05) is 30.2 Å². The number of fused-ring (bicyclic) bond motifs is 1. The third-order valence-electron chi connectivity index (χ3n) is 6.64. The van der Waals surface area contributed by atoms with E-state index in [1.54, 1.807) is 22.7 Å². The number of benzene rings is 2. The molecule has 10 heteroatoms. The summed E-state index contributed by atoms with van der Waals surface area (Å²) in [7, 11) is -2.34. The smallest absolute Gasteiger partial charge is 0.276 e. The molecule has 5 rings (SSSR count). The molecule has 1 aliphatic heterocycles. The van der Waals surface area contributed by atoms with Gasteiger partial charge in [0.25, 0.3) is 5.91 Å². The Labute approximate surface area is 216 Å². The van der Waals surface area contributed by atoms with Crippen LogP contribution in [0.25, 0.3) is 16.8 Å². The first-order chi connectivity index (χ1) is 17.7. The van der Waals surface area contributed by atoms with Gasteiger partial charge in [-0.25, -0.2) is 17.9 Å². The minimum atomic E-state index is -3.79. The Kier molecular flexibility index (Phi) is 6.47. The Morgan fingerprint density at radius 1 is 1.03 bits per heavy atom. The maximum Gasteiger partial charge on any atom is 0.276 e. The monoisotopic (exact) mass is 519 g/mol. The molecule has 0 spiro atoms. The number of carbonyl (C=O) groups excluding carboxylic acids is 1. The van der Waals surface area contributed by atoms with Gasteiger partial charge in [-0.05, 0) is 69.0 Å². The van der Waals surface area contributed by atoms with Crippen molar-refractivity contribution in [3.8, 4) is 16.9 Å². The van der Waals surface area contributed by atoms with Crippen LogP contribution in [0, 0.1) is 20.8 Å². The Hall–Kier alpha value is -3.76. The number of hydrogen-bond donors (Lipinski definition) is 1. The number of methoxy groups -OCH3 is 1. The molecule has 192 valence electrons. The number of nitrogens with zero attached hydrogens (tertiary/aromatic N) is 4. The van der Waals surface area contributed by atoms with E-state index in [1.165, 1.54) is 11.4 Å². The topological polar surface area (TPSA) is 106 Å². The van der Waals surface area contributed by atoms with Gasteiger partial charge in [-0.2, -0.15) is 9.40 Å². The van der Waals surface area contributed by atoms with Gasteiger partial charge < -0.3 is 10.1 Å². The summed E-state index contributed by atoms with van der Waals surface area (Å²) in [6.07, 6.45) is 1.64. The lowest BCUT2D eigenvalue weighted by atomic mass is 10.0. The van der Waals surface area contributed by atoms with Crippen LogP contribution in [0.5, 0.6) is 5.75 Å². The fourth-order valence-corrected chi connectivity index (χ4v) is 6.44. The first kappa shape index (κ1) is 24.9. The van der Waals surface area contributed by atoms with E-state index in [-0.39, 0.29) is 16.3 Å². The van der Waals surface area contributed by atoms with E-state index in [4.69, 9.17) is 4.74 Å². The van der Waals surface area contributed by atoms with Gasteiger partial charge in [-0.1, -0.05) is 24.3 Å². The summed E-state index contributed by atoms with van der Waals surface area (Å²) in [4.78, 5) is 18.3. The third kappa shape index (κ3) is 4.47. The zero-order chi connectivity index (χ0) is 26.3. The van der Waals surface area contributed by atoms with Crippen molar-refractivity contribution in [2.24, 2.45) is 0 Å². The molecule has 9 nitrogen and oxygen atoms in total. The van der Waals surface area contributed by atoms with Crippen molar-refractivity contribution < 1.29 is 17.9 Å². The molecular weight excluding hydrogens is 490 g/mol. The molecule has 37 heavy (non-hydrogen) atoms. The molecule has 2 aromatic heterocycles. The van der Waals surface area contributed by atoms with Crippen molar-refractivity contribution in [1.82, 2.24) is 18.9 Å². The van der Waals surface area contributed by atoms with Crippen LogP contribution >= 0.6 is 0 Å². The predicted molar refractivity (Wildman–Crippen MR) is 142 cm³/mol. The minimum Gasteiger partial charge on any atom is -0.495 e. The van der Waals surface area contributed by atoms with Gasteiger partial charge in [-0.15, -0.1) is 0 Å². The van der Waals surface area contributed by atoms with Crippen LogP contribution < -0.4 is 10.1 Å². The number of sulfonamides is 1. The first-order valence-electron chi connectivity index (χ1n) is 12.1. The SMILES string of the molecule is COc1ccc(-c2c(C(=O)Nc3ccccc3C)nn3c(C)cc(C)nc23)cc1S(=O)(=O)N1CCCC1. The van der Waals surface area contributed by atoms with Crippen molar-refractivity contribution in [2.75, 3.05) is 25.5 Å². The fourth-order valence-electron chi connectivity index (χ4n) is 4.74. The number of hydrogen-bond acceptors (Lipinski definition) is 6. The van der Waals surface area contributed by atoms with Crippen LogP contribution in [0.1, 0.15) is 40.3 Å². The summed E-state index contributed by atoms with van der Waals surface area (Å²) >= 11 is 0. The first-order valence-corrected chi connectivity index (χ1v) is 13.6. The molecule has 0 bridgehead atoms. The quantitative estimate of drug-likeness (QED) is 0.406. The Morgan fingerprint density at radius 3 is 2.46 bits per heavy atom. The van der Waals surface area contributed by atoms with Crippen LogP contribution in [0.3, 0.4) is 0 Å². The second kappa shape index (κ2) is 9.60. The molecular formula is C27H29N5O4S. The highest BCUT2D eigenvalue weighted by atomic mass is 32.2. The molecule has 1 aliphatic rings. The molecule has 1 fully saturated rings. The second-order valence-corrected chi connectivity index (χ2v) is 11.2. The zero-order valence-electron chi connectivity index (χ0n) is 21.3. The summed E-state index contributed by atoms with van der Waals surface area (Å²) in [5, 5.41) is 7.57. The third-order valence-corrected chi connectivity index (χ3v) is 8.56. The number of ether oxygens (including phenoxy) is 1. The number of aromatic nitrogens is 3. The van der Waals surface area contributed by atoms with Gasteiger partial charge in [-0.3, -0.25) is 4.79 Å². The molecule has 0 radical (unpaired) electrons. The Morgan fingerprint density at radius 2 is 1.76 bits per heavy atom. The number of para-hydroxylation sites is 1. The van der Waals surface area contributed by atoms with E-state index in [0.717, 1.165) is 29.8 Å². The molecule has 0 atom stereocenters. The van der Waals surface area contributed by atoms with Crippen molar-refractivity contribution in [1.29, 1.82) is 0 Å². The van der Waals surface area contributed by atoms with E-state index in [0.29, 0.717) is 35.6 Å². The molecule has 1 N–H and O–H groups in total. The molecule has 1 amide bonds. The minimum absolute atomic E-state index is 0.0587. The molecule has 0 saturated carbocycles. The number of amides is 1. The maximum absolute atomic E-state index is 13.6. The van der Waals surface area contributed by atoms with Crippen LogP contribution in [-0.4, -0.2) is 53.4 Å². The van der Waals surface area contributed by atoms with Gasteiger partial charge in [0.2, 0.25) is 10.0 Å². The second-order valence-electron chi connectivity index (χ2n) is 9.24. The Balaban J connectivity index is 1.71. The van der Waals surface area contributed by atoms with E-state index in [2.05, 4.69) is 15.4 Å². The summed E-state index contributed by atoms with van der Waals surface area (Å²) in [5.74, 6) is -0.162. The van der Waals surface area contributed by atoms with Gasteiger partial charge in [0.05, 0.1) is 12.7 Å². The molecule has 1 saturated heterocycles. The van der Waals surface area contributed by atoms with Gasteiger partial charge in [0.15, 0.2) is 11.3 Å². The van der Waals surface area contributed by atoms with E-state index in [1.807, 2.05) is 51.1 Å². The molecule has 3 heterocycles. The lowest BCUT2D eigenvalue weighted by Gasteiger charge is -2.18. The van der Waals surface area contributed by atoms with Crippen LogP contribution in [-0.2, 0) is 10.0 Å². The van der Waals surface area contributed by atoms with Gasteiger partial charge in [0.1, 0.15) is 10.6 Å².